The van der Waals surface area contributed by atoms with Crippen molar-refractivity contribution >= 4 is 23.1 Å². The van der Waals surface area contributed by atoms with Gasteiger partial charge in [-0.2, -0.15) is 0 Å². The Hall–Kier alpha value is 1.21. The Morgan fingerprint density at radius 3 is 1.75 bits per heavy atom. The van der Waals surface area contributed by atoms with Gasteiger partial charge in [-0.3, -0.25) is 0 Å². The van der Waals surface area contributed by atoms with E-state index in [-0.39, 0.29) is 45.4 Å². The molecule has 1 rings (SSSR count). The van der Waals surface area contributed by atoms with Gasteiger partial charge in [0.15, 0.2) is 0 Å². The molecule has 8 heavy (non-hydrogen) atoms. The van der Waals surface area contributed by atoms with E-state index in [0.717, 1.165) is 13.2 Å². The molecule has 0 aliphatic carbocycles. The Balaban J connectivity index is 0. The molecule has 1 heterocycles. The van der Waals surface area contributed by atoms with Gasteiger partial charge in [-0.25, -0.2) is 0 Å². The van der Waals surface area contributed by atoms with Crippen molar-refractivity contribution in [1.82, 2.24) is 0 Å². The number of rotatable bonds is 0. The van der Waals surface area contributed by atoms with Gasteiger partial charge in [-0.1, -0.05) is 6.92 Å². The van der Waals surface area contributed by atoms with Crippen LogP contribution >= 0.6 is 0 Å². The van der Waals surface area contributed by atoms with Crippen molar-refractivity contribution < 1.29 is 21.7 Å². The van der Waals surface area contributed by atoms with Crippen molar-refractivity contribution in [2.75, 3.05) is 13.2 Å². The molecule has 0 unspecified atom stereocenters. The zero-order valence-corrected chi connectivity index (χ0v) is 8.11. The zero-order chi connectivity index (χ0) is 4.62. The van der Waals surface area contributed by atoms with E-state index in [0.29, 0.717) is 0 Å². The zero-order valence-electron chi connectivity index (χ0n) is 5.11. The topological polar surface area (TPSA) is 9.23 Å². The van der Waals surface area contributed by atoms with Crippen LogP contribution in [0.3, 0.4) is 0 Å². The average Bonchev–Trinajstić information content (AvgIpc) is 1.32. The standard InChI is InChI=1S/C5H9O.BrH.Mg/c1-5(2)3-6-4-5;;/h1,3-4H2,2H3;1H;/q-1;;+2/p-1. The first kappa shape index (κ1) is 11.9. The fourth-order valence-electron chi connectivity index (χ4n) is 0.451. The Kier molecular flexibility index (Phi) is 6.11. The Morgan fingerprint density at radius 1 is 1.50 bits per heavy atom. The summed E-state index contributed by atoms with van der Waals surface area (Å²) < 4.78 is 4.88. The molecule has 0 aromatic rings. The summed E-state index contributed by atoms with van der Waals surface area (Å²) in [6.45, 7) is 7.62. The van der Waals surface area contributed by atoms with Gasteiger partial charge in [0, 0.05) is 13.2 Å². The first-order chi connectivity index (χ1) is 2.71. The van der Waals surface area contributed by atoms with Crippen LogP contribution in [0, 0.1) is 12.3 Å². The second kappa shape index (κ2) is 4.09. The van der Waals surface area contributed by atoms with E-state index in [1.807, 2.05) is 0 Å². The molecule has 1 aliphatic heterocycles. The van der Waals surface area contributed by atoms with Crippen LogP contribution in [0.4, 0.5) is 0 Å². The van der Waals surface area contributed by atoms with Gasteiger partial charge in [-0.05, 0) is 0 Å². The van der Waals surface area contributed by atoms with Crippen LogP contribution in [0.5, 0.6) is 0 Å². The normalized spacial score (nSPS) is 21.8. The molecule has 1 saturated heterocycles. The minimum atomic E-state index is 0. The van der Waals surface area contributed by atoms with Crippen LogP contribution in [-0.4, -0.2) is 36.3 Å². The second-order valence-corrected chi connectivity index (χ2v) is 2.30. The van der Waals surface area contributed by atoms with E-state index in [2.05, 4.69) is 13.8 Å². The van der Waals surface area contributed by atoms with Gasteiger partial charge in [0.1, 0.15) is 0 Å². The number of hydrogen-bond acceptors (Lipinski definition) is 1. The van der Waals surface area contributed by atoms with Crippen molar-refractivity contribution in [3.63, 3.8) is 0 Å². The molecule has 0 aromatic heterocycles. The maximum atomic E-state index is 4.88. The summed E-state index contributed by atoms with van der Waals surface area (Å²) in [6.07, 6.45) is 0. The molecule has 0 aromatic carbocycles. The van der Waals surface area contributed by atoms with E-state index < -0.39 is 0 Å². The summed E-state index contributed by atoms with van der Waals surface area (Å²) in [6, 6.07) is 0. The first-order valence-corrected chi connectivity index (χ1v) is 2.14. The molecule has 0 amide bonds. The van der Waals surface area contributed by atoms with Gasteiger partial charge in [0.25, 0.3) is 0 Å². The van der Waals surface area contributed by atoms with E-state index in [4.69, 9.17) is 4.74 Å². The number of halogens is 1. The van der Waals surface area contributed by atoms with Crippen molar-refractivity contribution in [3.05, 3.63) is 6.92 Å². The van der Waals surface area contributed by atoms with Gasteiger partial charge in [0.05, 0.1) is 0 Å². The van der Waals surface area contributed by atoms with E-state index >= 15 is 0 Å². The SMILES string of the molecule is [Br-].[CH2-]C1(C)COC1.[Mg+2]. The molecular weight excluding hydrogens is 180 g/mol. The van der Waals surface area contributed by atoms with Crippen LogP contribution in [-0.2, 0) is 4.74 Å². The third-order valence-electron chi connectivity index (χ3n) is 0.901. The third-order valence-corrected chi connectivity index (χ3v) is 0.901. The molecule has 1 fully saturated rings. The summed E-state index contributed by atoms with van der Waals surface area (Å²) >= 11 is 0. The van der Waals surface area contributed by atoms with Gasteiger partial charge >= 0.3 is 23.1 Å². The molecule has 0 bridgehead atoms. The molecule has 1 nitrogen and oxygen atoms in total. The van der Waals surface area contributed by atoms with Crippen molar-refractivity contribution in [2.45, 2.75) is 6.92 Å². The molecule has 0 saturated carbocycles. The van der Waals surface area contributed by atoms with Gasteiger partial charge < -0.3 is 28.6 Å². The van der Waals surface area contributed by atoms with Gasteiger partial charge in [-0.15, -0.1) is 5.41 Å². The molecule has 0 spiro atoms. The molecule has 1 aliphatic rings. The van der Waals surface area contributed by atoms with E-state index in [9.17, 15) is 0 Å². The number of hydrogen-bond donors (Lipinski definition) is 0. The quantitative estimate of drug-likeness (QED) is 0.302. The molecule has 0 radical (unpaired) electrons. The fourth-order valence-corrected chi connectivity index (χ4v) is 0.451. The molecule has 44 valence electrons. The number of ether oxygens (including phenoxy) is 1. The summed E-state index contributed by atoms with van der Waals surface area (Å²) in [5.74, 6) is 0. The smallest absolute Gasteiger partial charge is 1.00 e. The summed E-state index contributed by atoms with van der Waals surface area (Å²) in [7, 11) is 0. The van der Waals surface area contributed by atoms with Crippen LogP contribution in [0.15, 0.2) is 0 Å². The monoisotopic (exact) mass is 188 g/mol. The molecule has 0 atom stereocenters. The minimum absolute atomic E-state index is 0. The van der Waals surface area contributed by atoms with E-state index in [1.165, 1.54) is 0 Å². The van der Waals surface area contributed by atoms with Crippen molar-refractivity contribution in [3.8, 4) is 0 Å². The summed E-state index contributed by atoms with van der Waals surface area (Å²) in [4.78, 5) is 0. The minimum Gasteiger partial charge on any atom is -1.00 e. The van der Waals surface area contributed by atoms with Crippen molar-refractivity contribution in [1.29, 1.82) is 0 Å². The predicted octanol–water partition coefficient (Wildman–Crippen LogP) is -2.52. The van der Waals surface area contributed by atoms with Crippen molar-refractivity contribution in [2.24, 2.45) is 5.41 Å². The molecule has 0 N–H and O–H groups in total. The first-order valence-electron chi connectivity index (χ1n) is 2.14. The van der Waals surface area contributed by atoms with E-state index in [1.54, 1.807) is 0 Å². The molecule has 3 heteroatoms. The van der Waals surface area contributed by atoms with Crippen LogP contribution in [0.2, 0.25) is 0 Å². The molecular formula is C5H9BrMgO. The largest absolute Gasteiger partial charge is 2.00 e. The Bertz CT molecular complexity index is 59.4. The Morgan fingerprint density at radius 2 is 1.75 bits per heavy atom. The average molecular weight is 189 g/mol. The van der Waals surface area contributed by atoms with Gasteiger partial charge in [0.2, 0.25) is 0 Å². The summed E-state index contributed by atoms with van der Waals surface area (Å²) in [5, 5.41) is 0. The van der Waals surface area contributed by atoms with Crippen LogP contribution < -0.4 is 17.0 Å². The van der Waals surface area contributed by atoms with Crippen LogP contribution in [0.1, 0.15) is 6.92 Å². The summed E-state index contributed by atoms with van der Waals surface area (Å²) in [5.41, 5.74) is 0.250. The second-order valence-electron chi connectivity index (χ2n) is 2.30. The fraction of sp³-hybridized carbons (Fsp3) is 0.800. The third kappa shape index (κ3) is 3.27. The predicted molar refractivity (Wildman–Crippen MR) is 30.0 cm³/mol. The Labute approximate surface area is 77.1 Å². The maximum Gasteiger partial charge on any atom is 2.00 e. The maximum absolute atomic E-state index is 4.88. The van der Waals surface area contributed by atoms with Crippen LogP contribution in [0.25, 0.3) is 0 Å².